The van der Waals surface area contributed by atoms with Crippen molar-refractivity contribution >= 4 is 28.8 Å². The predicted octanol–water partition coefficient (Wildman–Crippen LogP) is 1.72. The van der Waals surface area contributed by atoms with E-state index in [1.54, 1.807) is 42.2 Å². The predicted molar refractivity (Wildman–Crippen MR) is 77.9 cm³/mol. The highest BCUT2D eigenvalue weighted by atomic mass is 32.1. The van der Waals surface area contributed by atoms with E-state index in [1.807, 2.05) is 12.1 Å². The fourth-order valence-corrected chi connectivity index (χ4v) is 1.85. The molecule has 5 nitrogen and oxygen atoms in total. The molecule has 0 aliphatic rings. The number of nitrogens with zero attached hydrogens (tertiary/aromatic N) is 2. The van der Waals surface area contributed by atoms with Crippen LogP contribution in [0.1, 0.15) is 18.5 Å². The molecule has 6 heteroatoms. The van der Waals surface area contributed by atoms with Crippen LogP contribution < -0.4 is 11.1 Å². The van der Waals surface area contributed by atoms with Crippen LogP contribution in [0, 0.1) is 0 Å². The zero-order valence-corrected chi connectivity index (χ0v) is 11.2. The second-order valence-corrected chi connectivity index (χ2v) is 4.50. The second-order valence-electron chi connectivity index (χ2n) is 4.06. The van der Waals surface area contributed by atoms with Crippen molar-refractivity contribution < 1.29 is 4.79 Å². The summed E-state index contributed by atoms with van der Waals surface area (Å²) in [5.74, 6) is -0.174. The SMILES string of the molecule is CC(C(=O)Nc1ccccc1C(N)=S)n1cccn1. The standard InChI is InChI=1S/C13H14N4OS/c1-9(17-8-4-7-15-17)13(18)16-11-6-3-2-5-10(11)12(14)19/h2-9H,1H3,(H2,14,19)(H,16,18). The van der Waals surface area contributed by atoms with Gasteiger partial charge in [-0.1, -0.05) is 24.4 Å². The van der Waals surface area contributed by atoms with Crippen LogP contribution in [0.2, 0.25) is 0 Å². The van der Waals surface area contributed by atoms with E-state index in [1.165, 1.54) is 0 Å². The van der Waals surface area contributed by atoms with Crippen LogP contribution in [0.4, 0.5) is 5.69 Å². The molecule has 98 valence electrons. The third kappa shape index (κ3) is 2.97. The Morgan fingerprint density at radius 1 is 1.42 bits per heavy atom. The average molecular weight is 274 g/mol. The van der Waals surface area contributed by atoms with Crippen LogP contribution in [0.3, 0.4) is 0 Å². The molecular formula is C13H14N4OS. The van der Waals surface area contributed by atoms with E-state index in [0.717, 1.165) is 0 Å². The molecule has 1 unspecified atom stereocenters. The van der Waals surface area contributed by atoms with Crippen molar-refractivity contribution in [2.24, 2.45) is 5.73 Å². The number of rotatable bonds is 4. The maximum Gasteiger partial charge on any atom is 0.248 e. The van der Waals surface area contributed by atoms with Gasteiger partial charge in [-0.25, -0.2) is 0 Å². The number of nitrogens with one attached hydrogen (secondary N) is 1. The van der Waals surface area contributed by atoms with E-state index in [9.17, 15) is 4.79 Å². The monoisotopic (exact) mass is 274 g/mol. The summed E-state index contributed by atoms with van der Waals surface area (Å²) in [4.78, 5) is 12.4. The Morgan fingerprint density at radius 3 is 2.79 bits per heavy atom. The van der Waals surface area contributed by atoms with Crippen molar-refractivity contribution in [3.05, 3.63) is 48.3 Å². The Balaban J connectivity index is 2.18. The number of aromatic nitrogens is 2. The van der Waals surface area contributed by atoms with Gasteiger partial charge in [0, 0.05) is 18.0 Å². The Labute approximate surface area is 116 Å². The smallest absolute Gasteiger partial charge is 0.248 e. The summed E-state index contributed by atoms with van der Waals surface area (Å²) < 4.78 is 1.58. The molecule has 0 saturated carbocycles. The first-order valence-corrected chi connectivity index (χ1v) is 6.19. The number of anilines is 1. The molecule has 2 rings (SSSR count). The van der Waals surface area contributed by atoms with Gasteiger partial charge in [-0.3, -0.25) is 9.48 Å². The van der Waals surface area contributed by atoms with E-state index in [2.05, 4.69) is 10.4 Å². The molecule has 0 saturated heterocycles. The molecule has 1 aromatic carbocycles. The Hall–Kier alpha value is -2.21. The minimum Gasteiger partial charge on any atom is -0.389 e. The molecule has 0 spiro atoms. The van der Waals surface area contributed by atoms with Gasteiger partial charge in [0.2, 0.25) is 5.91 Å². The third-order valence-corrected chi connectivity index (χ3v) is 2.97. The van der Waals surface area contributed by atoms with Gasteiger partial charge in [-0.15, -0.1) is 0 Å². The van der Waals surface area contributed by atoms with Crippen LogP contribution >= 0.6 is 12.2 Å². The zero-order valence-electron chi connectivity index (χ0n) is 10.4. The summed E-state index contributed by atoms with van der Waals surface area (Å²) in [6, 6.07) is 8.54. The third-order valence-electron chi connectivity index (χ3n) is 2.75. The quantitative estimate of drug-likeness (QED) is 0.833. The van der Waals surface area contributed by atoms with Gasteiger partial charge in [-0.05, 0) is 25.1 Å². The molecule has 0 fully saturated rings. The number of hydrogen-bond donors (Lipinski definition) is 2. The number of carbonyl (C=O) groups is 1. The number of thiocarbonyl (C=S) groups is 1. The molecule has 0 aliphatic heterocycles. The molecule has 1 aromatic heterocycles. The molecule has 3 N–H and O–H groups in total. The largest absolute Gasteiger partial charge is 0.389 e. The minimum atomic E-state index is -0.408. The molecule has 19 heavy (non-hydrogen) atoms. The fraction of sp³-hybridized carbons (Fsp3) is 0.154. The maximum absolute atomic E-state index is 12.1. The van der Waals surface area contributed by atoms with E-state index in [0.29, 0.717) is 11.3 Å². The summed E-state index contributed by atoms with van der Waals surface area (Å²) in [6.45, 7) is 1.77. The molecule has 1 atom stereocenters. The van der Waals surface area contributed by atoms with E-state index >= 15 is 0 Å². The summed E-state index contributed by atoms with van der Waals surface area (Å²) in [5, 5.41) is 6.85. The molecule has 2 aromatic rings. The van der Waals surface area contributed by atoms with Crippen molar-refractivity contribution in [1.82, 2.24) is 9.78 Å². The zero-order chi connectivity index (χ0) is 13.8. The molecule has 0 aliphatic carbocycles. The average Bonchev–Trinajstić information content (AvgIpc) is 2.92. The number of carbonyl (C=O) groups excluding carboxylic acids is 1. The summed E-state index contributed by atoms with van der Waals surface area (Å²) in [6.07, 6.45) is 3.37. The number of nitrogens with two attached hydrogens (primary N) is 1. The lowest BCUT2D eigenvalue weighted by atomic mass is 10.1. The summed E-state index contributed by atoms with van der Waals surface area (Å²) in [7, 11) is 0. The summed E-state index contributed by atoms with van der Waals surface area (Å²) >= 11 is 4.96. The highest BCUT2D eigenvalue weighted by molar-refractivity contribution is 7.80. The van der Waals surface area contributed by atoms with Gasteiger partial charge in [0.05, 0.1) is 5.69 Å². The number of para-hydroxylation sites is 1. The summed E-state index contributed by atoms with van der Waals surface area (Å²) in [5.41, 5.74) is 6.89. The molecular weight excluding hydrogens is 260 g/mol. The van der Waals surface area contributed by atoms with E-state index in [4.69, 9.17) is 18.0 Å². The number of benzene rings is 1. The molecule has 0 radical (unpaired) electrons. The van der Waals surface area contributed by atoms with E-state index in [-0.39, 0.29) is 10.9 Å². The first-order valence-electron chi connectivity index (χ1n) is 5.78. The molecule has 0 bridgehead atoms. The Bertz CT molecular complexity index is 594. The van der Waals surface area contributed by atoms with E-state index < -0.39 is 6.04 Å². The molecule has 1 heterocycles. The lowest BCUT2D eigenvalue weighted by molar-refractivity contribution is -0.119. The highest BCUT2D eigenvalue weighted by Crippen LogP contribution is 2.16. The number of hydrogen-bond acceptors (Lipinski definition) is 3. The molecule has 1 amide bonds. The topological polar surface area (TPSA) is 72.9 Å². The highest BCUT2D eigenvalue weighted by Gasteiger charge is 2.16. The van der Waals surface area contributed by atoms with Crippen molar-refractivity contribution in [3.63, 3.8) is 0 Å². The normalized spacial score (nSPS) is 11.8. The van der Waals surface area contributed by atoms with Crippen molar-refractivity contribution in [3.8, 4) is 0 Å². The van der Waals surface area contributed by atoms with Crippen LogP contribution in [-0.2, 0) is 4.79 Å². The first-order chi connectivity index (χ1) is 9.09. The van der Waals surface area contributed by atoms with Crippen LogP contribution in [0.5, 0.6) is 0 Å². The van der Waals surface area contributed by atoms with Crippen molar-refractivity contribution in [1.29, 1.82) is 0 Å². The van der Waals surface area contributed by atoms with Gasteiger partial charge >= 0.3 is 0 Å². The maximum atomic E-state index is 12.1. The minimum absolute atomic E-state index is 0.174. The van der Waals surface area contributed by atoms with Gasteiger partial charge in [0.1, 0.15) is 11.0 Å². The van der Waals surface area contributed by atoms with Gasteiger partial charge in [0.15, 0.2) is 0 Å². The van der Waals surface area contributed by atoms with Crippen LogP contribution in [-0.4, -0.2) is 20.7 Å². The Kier molecular flexibility index (Phi) is 3.91. The van der Waals surface area contributed by atoms with Crippen LogP contribution in [0.25, 0.3) is 0 Å². The fourth-order valence-electron chi connectivity index (χ4n) is 1.67. The van der Waals surface area contributed by atoms with Crippen LogP contribution in [0.15, 0.2) is 42.7 Å². The van der Waals surface area contributed by atoms with Gasteiger partial charge in [0.25, 0.3) is 0 Å². The van der Waals surface area contributed by atoms with Gasteiger partial charge < -0.3 is 11.1 Å². The lowest BCUT2D eigenvalue weighted by Crippen LogP contribution is -2.25. The van der Waals surface area contributed by atoms with Gasteiger partial charge in [-0.2, -0.15) is 5.10 Å². The lowest BCUT2D eigenvalue weighted by Gasteiger charge is -2.14. The Morgan fingerprint density at radius 2 is 2.16 bits per heavy atom. The van der Waals surface area contributed by atoms with Crippen molar-refractivity contribution in [2.75, 3.05) is 5.32 Å². The van der Waals surface area contributed by atoms with Crippen molar-refractivity contribution in [2.45, 2.75) is 13.0 Å². The second kappa shape index (κ2) is 5.62. The number of amides is 1. The first kappa shape index (κ1) is 13.2.